The Labute approximate surface area is 116 Å². The van der Waals surface area contributed by atoms with Crippen molar-refractivity contribution in [2.45, 2.75) is 39.0 Å². The van der Waals surface area contributed by atoms with Crippen LogP contribution in [0.5, 0.6) is 0 Å². The summed E-state index contributed by atoms with van der Waals surface area (Å²) < 4.78 is 4.87. The second kappa shape index (κ2) is 8.58. The maximum Gasteiger partial charge on any atom is 0.306 e. The summed E-state index contributed by atoms with van der Waals surface area (Å²) in [5.74, 6) is -0.435. The molecule has 0 fully saturated rings. The van der Waals surface area contributed by atoms with Crippen LogP contribution in [0.25, 0.3) is 0 Å². The Kier molecular flexibility index (Phi) is 7.03. The van der Waals surface area contributed by atoms with Crippen molar-refractivity contribution >= 4 is 28.9 Å². The number of Topliss-reactive ketones (excluding diaryl/α,β-unsaturated/α-hetero) is 2. The Bertz CT molecular complexity index is 423. The van der Waals surface area contributed by atoms with Gasteiger partial charge in [-0.15, -0.1) is 11.3 Å². The summed E-state index contributed by atoms with van der Waals surface area (Å²) >= 11 is 1.38. The number of carbonyl (C=O) groups is 3. The van der Waals surface area contributed by atoms with E-state index >= 15 is 0 Å². The molecule has 0 aliphatic heterocycles. The van der Waals surface area contributed by atoms with Crippen molar-refractivity contribution in [1.29, 1.82) is 0 Å². The normalized spacial score (nSPS) is 10.2. The summed E-state index contributed by atoms with van der Waals surface area (Å²) in [5, 5.41) is 1.83. The molecule has 4 nitrogen and oxygen atoms in total. The van der Waals surface area contributed by atoms with Crippen LogP contribution < -0.4 is 0 Å². The van der Waals surface area contributed by atoms with Gasteiger partial charge >= 0.3 is 5.97 Å². The molecule has 5 heteroatoms. The molecular weight excluding hydrogens is 264 g/mol. The minimum atomic E-state index is -0.347. The van der Waals surface area contributed by atoms with Gasteiger partial charge < -0.3 is 4.74 Å². The lowest BCUT2D eigenvalue weighted by Crippen LogP contribution is -2.09. The van der Waals surface area contributed by atoms with Crippen molar-refractivity contribution in [2.75, 3.05) is 6.61 Å². The Morgan fingerprint density at radius 2 is 1.89 bits per heavy atom. The van der Waals surface area contributed by atoms with E-state index in [1.54, 1.807) is 6.07 Å². The maximum atomic E-state index is 11.7. The van der Waals surface area contributed by atoms with Gasteiger partial charge in [-0.25, -0.2) is 0 Å². The third kappa shape index (κ3) is 6.29. The number of ketones is 2. The van der Waals surface area contributed by atoms with E-state index in [9.17, 15) is 14.4 Å². The Balaban J connectivity index is 2.18. The third-order valence-corrected chi connectivity index (χ3v) is 3.41. The van der Waals surface area contributed by atoms with Crippen LogP contribution >= 0.6 is 11.3 Å². The quantitative estimate of drug-likeness (QED) is 0.516. The first-order valence-corrected chi connectivity index (χ1v) is 7.25. The molecule has 0 radical (unpaired) electrons. The maximum absolute atomic E-state index is 11.7. The molecule has 0 aliphatic carbocycles. The standard InChI is InChI=1S/C14H18O4S/c1-2-9-18-14(17)8-6-11(15)5-7-12(16)13-4-3-10-19-13/h3-4,10H,2,5-9H2,1H3. The zero-order valence-electron chi connectivity index (χ0n) is 11.0. The van der Waals surface area contributed by atoms with Gasteiger partial charge in [-0.05, 0) is 17.9 Å². The largest absolute Gasteiger partial charge is 0.466 e. The van der Waals surface area contributed by atoms with E-state index in [2.05, 4.69) is 0 Å². The summed E-state index contributed by atoms with van der Waals surface area (Å²) in [6, 6.07) is 3.56. The first-order valence-electron chi connectivity index (χ1n) is 6.37. The summed E-state index contributed by atoms with van der Waals surface area (Å²) in [4.78, 5) is 35.1. The molecule has 1 aromatic heterocycles. The van der Waals surface area contributed by atoms with Crippen molar-refractivity contribution in [1.82, 2.24) is 0 Å². The molecule has 0 amide bonds. The molecule has 1 heterocycles. The summed E-state index contributed by atoms with van der Waals surface area (Å²) in [7, 11) is 0. The first-order chi connectivity index (χ1) is 9.13. The molecule has 0 unspecified atom stereocenters. The predicted octanol–water partition coefficient (Wildman–Crippen LogP) is 3.01. The smallest absolute Gasteiger partial charge is 0.306 e. The van der Waals surface area contributed by atoms with Crippen LogP contribution in [0, 0.1) is 0 Å². The van der Waals surface area contributed by atoms with E-state index < -0.39 is 0 Å². The summed E-state index contributed by atoms with van der Waals surface area (Å²) in [6.45, 7) is 2.30. The minimum absolute atomic E-state index is 0.0168. The number of carbonyl (C=O) groups excluding carboxylic acids is 3. The van der Waals surface area contributed by atoms with E-state index in [4.69, 9.17) is 4.74 Å². The highest BCUT2D eigenvalue weighted by atomic mass is 32.1. The number of hydrogen-bond acceptors (Lipinski definition) is 5. The fourth-order valence-electron chi connectivity index (χ4n) is 1.47. The molecule has 0 aliphatic rings. The molecule has 0 spiro atoms. The molecular formula is C14H18O4S. The minimum Gasteiger partial charge on any atom is -0.466 e. The van der Waals surface area contributed by atoms with Crippen molar-refractivity contribution in [3.05, 3.63) is 22.4 Å². The number of esters is 1. The van der Waals surface area contributed by atoms with Gasteiger partial charge in [0.1, 0.15) is 5.78 Å². The average Bonchev–Trinajstić information content (AvgIpc) is 2.94. The molecule has 19 heavy (non-hydrogen) atoms. The van der Waals surface area contributed by atoms with E-state index in [1.807, 2.05) is 18.4 Å². The number of rotatable bonds is 9. The number of thiophene rings is 1. The van der Waals surface area contributed by atoms with Gasteiger partial charge in [0.25, 0.3) is 0 Å². The molecule has 0 aromatic carbocycles. The van der Waals surface area contributed by atoms with Gasteiger partial charge in [0.15, 0.2) is 5.78 Å². The molecule has 0 saturated heterocycles. The highest BCUT2D eigenvalue weighted by molar-refractivity contribution is 7.12. The molecule has 0 saturated carbocycles. The topological polar surface area (TPSA) is 60.4 Å². The van der Waals surface area contributed by atoms with E-state index in [0.29, 0.717) is 11.5 Å². The van der Waals surface area contributed by atoms with Crippen LogP contribution in [0.2, 0.25) is 0 Å². The first kappa shape index (κ1) is 15.6. The Morgan fingerprint density at radius 3 is 2.53 bits per heavy atom. The van der Waals surface area contributed by atoms with Crippen LogP contribution in [-0.4, -0.2) is 24.1 Å². The van der Waals surface area contributed by atoms with Crippen LogP contribution in [-0.2, 0) is 14.3 Å². The van der Waals surface area contributed by atoms with Crippen molar-refractivity contribution in [3.63, 3.8) is 0 Å². The fraction of sp³-hybridized carbons (Fsp3) is 0.500. The van der Waals surface area contributed by atoms with Gasteiger partial charge in [-0.3, -0.25) is 14.4 Å². The van der Waals surface area contributed by atoms with Crippen LogP contribution in [0.15, 0.2) is 17.5 Å². The van der Waals surface area contributed by atoms with Crippen molar-refractivity contribution in [3.8, 4) is 0 Å². The van der Waals surface area contributed by atoms with Crippen molar-refractivity contribution < 1.29 is 19.1 Å². The lowest BCUT2D eigenvalue weighted by Gasteiger charge is -2.02. The Morgan fingerprint density at radius 1 is 1.16 bits per heavy atom. The van der Waals surface area contributed by atoms with E-state index in [-0.39, 0.29) is 43.2 Å². The summed E-state index contributed by atoms with van der Waals surface area (Å²) in [5.41, 5.74) is 0. The lowest BCUT2D eigenvalue weighted by atomic mass is 10.1. The third-order valence-electron chi connectivity index (χ3n) is 2.50. The monoisotopic (exact) mass is 282 g/mol. The average molecular weight is 282 g/mol. The zero-order chi connectivity index (χ0) is 14.1. The zero-order valence-corrected chi connectivity index (χ0v) is 11.8. The second-order valence-electron chi connectivity index (χ2n) is 4.16. The molecule has 0 N–H and O–H groups in total. The van der Waals surface area contributed by atoms with Gasteiger partial charge in [-0.2, -0.15) is 0 Å². The SMILES string of the molecule is CCCOC(=O)CCC(=O)CCC(=O)c1cccs1. The van der Waals surface area contributed by atoms with Gasteiger partial charge in [0, 0.05) is 19.3 Å². The van der Waals surface area contributed by atoms with Crippen LogP contribution in [0.4, 0.5) is 0 Å². The highest BCUT2D eigenvalue weighted by Gasteiger charge is 2.12. The number of ether oxygens (including phenoxy) is 1. The Hall–Kier alpha value is -1.49. The molecule has 0 atom stereocenters. The molecule has 1 rings (SSSR count). The van der Waals surface area contributed by atoms with Crippen molar-refractivity contribution in [2.24, 2.45) is 0 Å². The van der Waals surface area contributed by atoms with Gasteiger partial charge in [0.05, 0.1) is 17.9 Å². The van der Waals surface area contributed by atoms with Crippen LogP contribution in [0.3, 0.4) is 0 Å². The predicted molar refractivity (Wildman–Crippen MR) is 73.4 cm³/mol. The van der Waals surface area contributed by atoms with Crippen LogP contribution in [0.1, 0.15) is 48.7 Å². The van der Waals surface area contributed by atoms with E-state index in [1.165, 1.54) is 11.3 Å². The summed E-state index contributed by atoms with van der Waals surface area (Å²) in [6.07, 6.45) is 1.43. The fourth-order valence-corrected chi connectivity index (χ4v) is 2.16. The van der Waals surface area contributed by atoms with Gasteiger partial charge in [0.2, 0.25) is 0 Å². The lowest BCUT2D eigenvalue weighted by molar-refractivity contribution is -0.144. The molecule has 104 valence electrons. The second-order valence-corrected chi connectivity index (χ2v) is 5.11. The van der Waals surface area contributed by atoms with E-state index in [0.717, 1.165) is 6.42 Å². The molecule has 0 bridgehead atoms. The highest BCUT2D eigenvalue weighted by Crippen LogP contribution is 2.13. The number of hydrogen-bond donors (Lipinski definition) is 0. The van der Waals surface area contributed by atoms with Gasteiger partial charge in [-0.1, -0.05) is 13.0 Å². The molecule has 1 aromatic rings.